The molecule has 8 nitrogen and oxygen atoms in total. The number of hydrogen-bond donors (Lipinski definition) is 2. The minimum atomic E-state index is -0.668. The number of anilines is 1. The first kappa shape index (κ1) is 20.1. The maximum absolute atomic E-state index is 12.5. The average molecular weight is 389 g/mol. The van der Waals surface area contributed by atoms with Crippen LogP contribution in [0.5, 0.6) is 5.75 Å². The lowest BCUT2D eigenvalue weighted by Crippen LogP contribution is -2.48. The highest BCUT2D eigenvalue weighted by atomic mass is 16.5. The summed E-state index contributed by atoms with van der Waals surface area (Å²) in [6, 6.07) is 6.46. The molecule has 8 heteroatoms. The molecular weight excluding hydrogens is 362 g/mol. The molecule has 3 rings (SSSR count). The number of hydrogen-bond acceptors (Lipinski definition) is 5. The minimum Gasteiger partial charge on any atom is -0.497 e. The Labute approximate surface area is 164 Å². The van der Waals surface area contributed by atoms with Crippen molar-refractivity contribution >= 4 is 23.4 Å². The average Bonchev–Trinajstić information content (AvgIpc) is 3.35. The van der Waals surface area contributed by atoms with Crippen molar-refractivity contribution in [1.29, 1.82) is 0 Å². The fraction of sp³-hybridized carbons (Fsp3) is 0.550. The van der Waals surface area contributed by atoms with Gasteiger partial charge in [-0.3, -0.25) is 14.4 Å². The van der Waals surface area contributed by atoms with Gasteiger partial charge in [0, 0.05) is 31.8 Å². The molecule has 2 fully saturated rings. The zero-order valence-corrected chi connectivity index (χ0v) is 16.3. The van der Waals surface area contributed by atoms with Crippen molar-refractivity contribution in [2.45, 2.75) is 38.3 Å². The summed E-state index contributed by atoms with van der Waals surface area (Å²) in [6.07, 6.45) is 2.12. The van der Waals surface area contributed by atoms with Crippen molar-refractivity contribution in [1.82, 2.24) is 10.6 Å². The topological polar surface area (TPSA) is 97.0 Å². The van der Waals surface area contributed by atoms with Gasteiger partial charge in [-0.25, -0.2) is 0 Å². The molecule has 1 aromatic rings. The van der Waals surface area contributed by atoms with Crippen molar-refractivity contribution in [2.75, 3.05) is 31.7 Å². The van der Waals surface area contributed by atoms with E-state index in [1.54, 1.807) is 43.2 Å². The predicted molar refractivity (Wildman–Crippen MR) is 103 cm³/mol. The van der Waals surface area contributed by atoms with Gasteiger partial charge < -0.3 is 25.0 Å². The van der Waals surface area contributed by atoms with Gasteiger partial charge in [-0.15, -0.1) is 0 Å². The fourth-order valence-corrected chi connectivity index (χ4v) is 3.46. The normalized spacial score (nSPS) is 22.8. The zero-order valence-electron chi connectivity index (χ0n) is 16.3. The summed E-state index contributed by atoms with van der Waals surface area (Å²) >= 11 is 0. The second kappa shape index (κ2) is 9.05. The van der Waals surface area contributed by atoms with Gasteiger partial charge in [-0.2, -0.15) is 0 Å². The molecule has 0 saturated carbocycles. The molecule has 2 aliphatic rings. The van der Waals surface area contributed by atoms with Gasteiger partial charge >= 0.3 is 0 Å². The summed E-state index contributed by atoms with van der Waals surface area (Å²) in [5.74, 6) is -0.430. The van der Waals surface area contributed by atoms with Gasteiger partial charge in [-0.1, -0.05) is 0 Å². The minimum absolute atomic E-state index is 0.0531. The molecule has 152 valence electrons. The third-order valence-electron chi connectivity index (χ3n) is 5.16. The van der Waals surface area contributed by atoms with E-state index < -0.39 is 12.0 Å². The molecule has 0 bridgehead atoms. The van der Waals surface area contributed by atoms with E-state index in [1.165, 1.54) is 0 Å². The standard InChI is InChI=1S/C20H27N3O5/c1-13(19(25)21-11-17-4-3-9-28-17)22-20(26)14-10-18(24)23(12-14)15-5-7-16(27-2)8-6-15/h5-8,13-14,17H,3-4,9-12H2,1-2H3,(H,21,25)(H,22,26)/t13-,14-,17-/m0/s1. The van der Waals surface area contributed by atoms with E-state index in [4.69, 9.17) is 9.47 Å². The summed E-state index contributed by atoms with van der Waals surface area (Å²) in [5.41, 5.74) is 0.725. The van der Waals surface area contributed by atoms with Gasteiger partial charge in [0.15, 0.2) is 0 Å². The number of carbonyl (C=O) groups is 3. The SMILES string of the molecule is COc1ccc(N2C[C@@H](C(=O)N[C@@H](C)C(=O)NC[C@@H]3CCCO3)CC2=O)cc1. The number of amides is 3. The monoisotopic (exact) mass is 389 g/mol. The van der Waals surface area contributed by atoms with Gasteiger partial charge in [0.25, 0.3) is 0 Å². The first-order valence-corrected chi connectivity index (χ1v) is 9.62. The predicted octanol–water partition coefficient (Wildman–Crippen LogP) is 0.848. The molecule has 3 atom stereocenters. The second-order valence-electron chi connectivity index (χ2n) is 7.21. The second-order valence-corrected chi connectivity index (χ2v) is 7.21. The Morgan fingerprint density at radius 1 is 1.32 bits per heavy atom. The molecular formula is C20H27N3O5. The quantitative estimate of drug-likeness (QED) is 0.721. The molecule has 2 aliphatic heterocycles. The molecule has 3 amide bonds. The van der Waals surface area contributed by atoms with Crippen molar-refractivity contribution in [3.05, 3.63) is 24.3 Å². The number of ether oxygens (including phenoxy) is 2. The Balaban J connectivity index is 1.49. The van der Waals surface area contributed by atoms with E-state index in [2.05, 4.69) is 10.6 Å². The summed E-state index contributed by atoms with van der Waals surface area (Å²) in [7, 11) is 1.58. The highest BCUT2D eigenvalue weighted by Gasteiger charge is 2.36. The van der Waals surface area contributed by atoms with E-state index in [0.29, 0.717) is 18.8 Å². The van der Waals surface area contributed by atoms with Gasteiger partial charge in [0.2, 0.25) is 17.7 Å². The molecule has 0 aromatic heterocycles. The summed E-state index contributed by atoms with van der Waals surface area (Å²) in [4.78, 5) is 38.6. The molecule has 2 N–H and O–H groups in total. The highest BCUT2D eigenvalue weighted by Crippen LogP contribution is 2.27. The Hall–Kier alpha value is -2.61. The van der Waals surface area contributed by atoms with Crippen LogP contribution in [0.2, 0.25) is 0 Å². The third-order valence-corrected chi connectivity index (χ3v) is 5.16. The first-order valence-electron chi connectivity index (χ1n) is 9.62. The number of rotatable bonds is 7. The van der Waals surface area contributed by atoms with Crippen LogP contribution in [0.25, 0.3) is 0 Å². The molecule has 0 aliphatic carbocycles. The number of nitrogens with one attached hydrogen (secondary N) is 2. The number of nitrogens with zero attached hydrogens (tertiary/aromatic N) is 1. The molecule has 1 aromatic carbocycles. The summed E-state index contributed by atoms with van der Waals surface area (Å²) < 4.78 is 10.6. The Bertz CT molecular complexity index is 715. The smallest absolute Gasteiger partial charge is 0.242 e. The summed E-state index contributed by atoms with van der Waals surface area (Å²) in [6.45, 7) is 3.11. The van der Waals surface area contributed by atoms with Crippen LogP contribution in [0.1, 0.15) is 26.2 Å². The van der Waals surface area contributed by atoms with Crippen LogP contribution < -0.4 is 20.3 Å². The van der Waals surface area contributed by atoms with E-state index in [-0.39, 0.29) is 30.2 Å². The Kier molecular flexibility index (Phi) is 6.51. The lowest BCUT2D eigenvalue weighted by molar-refractivity contribution is -0.131. The number of carbonyl (C=O) groups excluding carboxylic acids is 3. The Morgan fingerprint density at radius 2 is 2.07 bits per heavy atom. The van der Waals surface area contributed by atoms with Crippen molar-refractivity contribution < 1.29 is 23.9 Å². The van der Waals surface area contributed by atoms with Crippen LogP contribution in [0.3, 0.4) is 0 Å². The van der Waals surface area contributed by atoms with Gasteiger partial charge in [0.05, 0.1) is 19.1 Å². The van der Waals surface area contributed by atoms with Crippen LogP contribution in [0, 0.1) is 5.92 Å². The maximum Gasteiger partial charge on any atom is 0.242 e. The highest BCUT2D eigenvalue weighted by molar-refractivity contribution is 6.01. The first-order chi connectivity index (χ1) is 13.5. The molecule has 0 radical (unpaired) electrons. The molecule has 2 saturated heterocycles. The van der Waals surface area contributed by atoms with Crippen molar-refractivity contribution in [2.24, 2.45) is 5.92 Å². The van der Waals surface area contributed by atoms with Crippen LogP contribution >= 0.6 is 0 Å². The molecule has 0 unspecified atom stereocenters. The third kappa shape index (κ3) is 4.81. The molecule has 28 heavy (non-hydrogen) atoms. The largest absolute Gasteiger partial charge is 0.497 e. The molecule has 2 heterocycles. The number of methoxy groups -OCH3 is 1. The van der Waals surface area contributed by atoms with E-state index >= 15 is 0 Å². The van der Waals surface area contributed by atoms with Crippen molar-refractivity contribution in [3.8, 4) is 5.75 Å². The fourth-order valence-electron chi connectivity index (χ4n) is 3.46. The van der Waals surface area contributed by atoms with E-state index in [0.717, 1.165) is 25.1 Å². The summed E-state index contributed by atoms with van der Waals surface area (Å²) in [5, 5.41) is 5.52. The van der Waals surface area contributed by atoms with Gasteiger partial charge in [0.1, 0.15) is 11.8 Å². The lowest BCUT2D eigenvalue weighted by atomic mass is 10.1. The van der Waals surface area contributed by atoms with Crippen LogP contribution in [-0.2, 0) is 19.1 Å². The van der Waals surface area contributed by atoms with Crippen LogP contribution in [0.4, 0.5) is 5.69 Å². The number of benzene rings is 1. The van der Waals surface area contributed by atoms with Crippen molar-refractivity contribution in [3.63, 3.8) is 0 Å². The maximum atomic E-state index is 12.5. The lowest BCUT2D eigenvalue weighted by Gasteiger charge is -2.19. The molecule has 0 spiro atoms. The van der Waals surface area contributed by atoms with E-state index in [1.807, 2.05) is 0 Å². The van der Waals surface area contributed by atoms with Crippen LogP contribution in [-0.4, -0.2) is 56.7 Å². The van der Waals surface area contributed by atoms with E-state index in [9.17, 15) is 14.4 Å². The Morgan fingerprint density at radius 3 is 2.71 bits per heavy atom. The van der Waals surface area contributed by atoms with Crippen LogP contribution in [0.15, 0.2) is 24.3 Å². The zero-order chi connectivity index (χ0) is 20.1. The van der Waals surface area contributed by atoms with Gasteiger partial charge in [-0.05, 0) is 44.0 Å².